The van der Waals surface area contributed by atoms with E-state index in [1.165, 1.54) is 38.5 Å². The van der Waals surface area contributed by atoms with Crippen molar-refractivity contribution in [2.75, 3.05) is 23.9 Å². The average molecular weight is 354 g/mol. The standard InChI is InChI=1S/C13H22Br2O/c14-8-13(9-15,12-3-1-2-4-12)10-16-7-11-5-6-11/h11-12H,1-10H2. The molecule has 0 atom stereocenters. The summed E-state index contributed by atoms with van der Waals surface area (Å²) in [5, 5.41) is 2.14. The lowest BCUT2D eigenvalue weighted by atomic mass is 9.78. The summed E-state index contributed by atoms with van der Waals surface area (Å²) in [6.07, 6.45) is 8.39. The van der Waals surface area contributed by atoms with Crippen molar-refractivity contribution in [2.45, 2.75) is 38.5 Å². The van der Waals surface area contributed by atoms with Crippen molar-refractivity contribution in [3.63, 3.8) is 0 Å². The first kappa shape index (κ1) is 13.4. The highest BCUT2D eigenvalue weighted by atomic mass is 79.9. The Morgan fingerprint density at radius 3 is 2.12 bits per heavy atom. The minimum absolute atomic E-state index is 0.339. The Hall–Kier alpha value is 0.920. The highest BCUT2D eigenvalue weighted by molar-refractivity contribution is 9.09. The van der Waals surface area contributed by atoms with Crippen LogP contribution in [0, 0.1) is 17.3 Å². The molecule has 0 aromatic heterocycles. The molecule has 0 heterocycles. The molecule has 2 aliphatic rings. The summed E-state index contributed by atoms with van der Waals surface area (Å²) in [7, 11) is 0. The van der Waals surface area contributed by atoms with Crippen LogP contribution in [0.3, 0.4) is 0 Å². The number of ether oxygens (including phenoxy) is 1. The Kier molecular flexibility index (Phi) is 5.17. The van der Waals surface area contributed by atoms with Crippen LogP contribution in [0.15, 0.2) is 0 Å². The zero-order valence-corrected chi connectivity index (χ0v) is 13.1. The van der Waals surface area contributed by atoms with Crippen LogP contribution in [-0.2, 0) is 4.74 Å². The molecule has 0 bridgehead atoms. The smallest absolute Gasteiger partial charge is 0.0541 e. The number of hydrogen-bond donors (Lipinski definition) is 0. The Morgan fingerprint density at radius 2 is 1.62 bits per heavy atom. The summed E-state index contributed by atoms with van der Waals surface area (Å²) >= 11 is 7.43. The molecule has 0 N–H and O–H groups in total. The predicted molar refractivity (Wildman–Crippen MR) is 75.5 cm³/mol. The second-order valence-electron chi connectivity index (χ2n) is 5.57. The summed E-state index contributed by atoms with van der Waals surface area (Å²) in [4.78, 5) is 0. The van der Waals surface area contributed by atoms with Crippen LogP contribution in [0.2, 0.25) is 0 Å². The third-order valence-corrected chi connectivity index (χ3v) is 6.43. The van der Waals surface area contributed by atoms with E-state index >= 15 is 0 Å². The molecular weight excluding hydrogens is 332 g/mol. The lowest BCUT2D eigenvalue weighted by Gasteiger charge is -2.36. The summed E-state index contributed by atoms with van der Waals surface area (Å²) < 4.78 is 5.96. The van der Waals surface area contributed by atoms with Gasteiger partial charge in [-0.3, -0.25) is 0 Å². The first-order valence-electron chi connectivity index (χ1n) is 6.50. The topological polar surface area (TPSA) is 9.23 Å². The maximum Gasteiger partial charge on any atom is 0.0541 e. The third-order valence-electron chi connectivity index (χ3n) is 4.19. The molecule has 1 nitrogen and oxygen atoms in total. The molecule has 94 valence electrons. The van der Waals surface area contributed by atoms with Gasteiger partial charge >= 0.3 is 0 Å². The van der Waals surface area contributed by atoms with E-state index in [0.29, 0.717) is 5.41 Å². The van der Waals surface area contributed by atoms with E-state index in [1.807, 2.05) is 0 Å². The van der Waals surface area contributed by atoms with E-state index in [0.717, 1.165) is 35.7 Å². The van der Waals surface area contributed by atoms with E-state index in [-0.39, 0.29) is 0 Å². The molecule has 2 saturated carbocycles. The van der Waals surface area contributed by atoms with Gasteiger partial charge in [-0.1, -0.05) is 44.7 Å². The van der Waals surface area contributed by atoms with Crippen molar-refractivity contribution in [1.82, 2.24) is 0 Å². The molecule has 0 saturated heterocycles. The molecule has 0 aromatic carbocycles. The van der Waals surface area contributed by atoms with Gasteiger partial charge in [0.2, 0.25) is 0 Å². The number of rotatable bonds is 7. The number of alkyl halides is 2. The number of hydrogen-bond acceptors (Lipinski definition) is 1. The highest BCUT2D eigenvalue weighted by Crippen LogP contribution is 2.43. The average Bonchev–Trinajstić information content (AvgIpc) is 2.96. The van der Waals surface area contributed by atoms with Crippen LogP contribution in [0.4, 0.5) is 0 Å². The van der Waals surface area contributed by atoms with Crippen molar-refractivity contribution < 1.29 is 4.74 Å². The van der Waals surface area contributed by atoms with Crippen LogP contribution >= 0.6 is 31.9 Å². The SMILES string of the molecule is BrCC(CBr)(COCC1CC1)C1CCCC1. The van der Waals surface area contributed by atoms with Crippen LogP contribution < -0.4 is 0 Å². The molecule has 2 rings (SSSR count). The van der Waals surface area contributed by atoms with Crippen molar-refractivity contribution in [3.8, 4) is 0 Å². The van der Waals surface area contributed by atoms with Gasteiger partial charge < -0.3 is 4.74 Å². The summed E-state index contributed by atoms with van der Waals surface area (Å²) in [5.74, 6) is 1.73. The van der Waals surface area contributed by atoms with Crippen LogP contribution in [-0.4, -0.2) is 23.9 Å². The van der Waals surface area contributed by atoms with Crippen molar-refractivity contribution in [2.24, 2.45) is 17.3 Å². The van der Waals surface area contributed by atoms with Gasteiger partial charge in [0.25, 0.3) is 0 Å². The van der Waals surface area contributed by atoms with Gasteiger partial charge in [0, 0.05) is 22.7 Å². The lowest BCUT2D eigenvalue weighted by Crippen LogP contribution is -2.38. The van der Waals surface area contributed by atoms with Crippen molar-refractivity contribution in [3.05, 3.63) is 0 Å². The minimum atomic E-state index is 0.339. The fraction of sp³-hybridized carbons (Fsp3) is 1.00. The molecule has 2 fully saturated rings. The van der Waals surface area contributed by atoms with Gasteiger partial charge in [0.15, 0.2) is 0 Å². The van der Waals surface area contributed by atoms with Gasteiger partial charge in [-0.2, -0.15) is 0 Å². The molecule has 0 aromatic rings. The summed E-state index contributed by atoms with van der Waals surface area (Å²) in [6.45, 7) is 1.93. The Labute approximate surface area is 116 Å². The van der Waals surface area contributed by atoms with E-state index in [1.54, 1.807) is 0 Å². The molecule has 0 amide bonds. The van der Waals surface area contributed by atoms with Crippen molar-refractivity contribution in [1.29, 1.82) is 0 Å². The minimum Gasteiger partial charge on any atom is -0.381 e. The fourth-order valence-corrected chi connectivity index (χ4v) is 4.87. The van der Waals surface area contributed by atoms with Crippen LogP contribution in [0.25, 0.3) is 0 Å². The van der Waals surface area contributed by atoms with E-state index in [2.05, 4.69) is 31.9 Å². The first-order valence-corrected chi connectivity index (χ1v) is 8.75. The summed E-state index contributed by atoms with van der Waals surface area (Å²) in [6, 6.07) is 0. The number of halogens is 2. The Bertz CT molecular complexity index is 206. The van der Waals surface area contributed by atoms with E-state index in [9.17, 15) is 0 Å². The molecule has 0 aliphatic heterocycles. The van der Waals surface area contributed by atoms with E-state index in [4.69, 9.17) is 4.74 Å². The molecule has 2 aliphatic carbocycles. The first-order chi connectivity index (χ1) is 7.80. The van der Waals surface area contributed by atoms with Gasteiger partial charge in [0.1, 0.15) is 0 Å². The van der Waals surface area contributed by atoms with Gasteiger partial charge in [-0.15, -0.1) is 0 Å². The monoisotopic (exact) mass is 352 g/mol. The molecular formula is C13H22Br2O. The second kappa shape index (κ2) is 6.19. The van der Waals surface area contributed by atoms with Gasteiger partial charge in [-0.25, -0.2) is 0 Å². The Morgan fingerprint density at radius 1 is 1.00 bits per heavy atom. The fourth-order valence-electron chi connectivity index (χ4n) is 2.70. The second-order valence-corrected chi connectivity index (χ2v) is 6.69. The largest absolute Gasteiger partial charge is 0.381 e. The van der Waals surface area contributed by atoms with Crippen molar-refractivity contribution >= 4 is 31.9 Å². The molecule has 0 radical (unpaired) electrons. The third kappa shape index (κ3) is 3.23. The zero-order chi connectivity index (χ0) is 11.4. The van der Waals surface area contributed by atoms with Crippen LogP contribution in [0.5, 0.6) is 0 Å². The zero-order valence-electron chi connectivity index (χ0n) is 9.89. The Balaban J connectivity index is 1.84. The normalized spacial score (nSPS) is 22.9. The lowest BCUT2D eigenvalue weighted by molar-refractivity contribution is 0.0319. The molecule has 0 spiro atoms. The predicted octanol–water partition coefficient (Wildman–Crippen LogP) is 4.38. The summed E-state index contributed by atoms with van der Waals surface area (Å²) in [5.41, 5.74) is 0.339. The molecule has 0 unspecified atom stereocenters. The van der Waals surface area contributed by atoms with Gasteiger partial charge in [-0.05, 0) is 37.5 Å². The molecule has 16 heavy (non-hydrogen) atoms. The van der Waals surface area contributed by atoms with Crippen LogP contribution in [0.1, 0.15) is 38.5 Å². The maximum atomic E-state index is 5.96. The van der Waals surface area contributed by atoms with E-state index < -0.39 is 0 Å². The molecule has 3 heteroatoms. The van der Waals surface area contributed by atoms with Gasteiger partial charge in [0.05, 0.1) is 6.61 Å². The highest BCUT2D eigenvalue weighted by Gasteiger charge is 2.39. The quantitative estimate of drug-likeness (QED) is 0.617. The maximum absolute atomic E-state index is 5.96.